The lowest BCUT2D eigenvalue weighted by molar-refractivity contribution is 0.628. The minimum absolute atomic E-state index is 0.282. The van der Waals surface area contributed by atoms with Gasteiger partial charge in [-0.25, -0.2) is 4.39 Å². The molecule has 0 aliphatic carbocycles. The molecule has 0 atom stereocenters. The topological polar surface area (TPSA) is 69.4 Å². The van der Waals surface area contributed by atoms with Crippen molar-refractivity contribution >= 4 is 50.1 Å². The Labute approximate surface area is 221 Å². The summed E-state index contributed by atoms with van der Waals surface area (Å²) in [6.07, 6.45) is 1.74. The molecule has 0 saturated heterocycles. The number of aromatic amines is 2. The number of hydrogen-bond acceptors (Lipinski definition) is 3. The van der Waals surface area contributed by atoms with Crippen molar-refractivity contribution < 1.29 is 4.39 Å². The fourth-order valence-corrected chi connectivity index (χ4v) is 5.29. The summed E-state index contributed by atoms with van der Waals surface area (Å²) in [7, 11) is 0. The van der Waals surface area contributed by atoms with E-state index < -0.39 is 0 Å². The molecule has 0 spiro atoms. The van der Waals surface area contributed by atoms with Gasteiger partial charge in [-0.2, -0.15) is 5.10 Å². The van der Waals surface area contributed by atoms with Crippen LogP contribution in [0, 0.1) is 9.39 Å². The number of nitrogens with zero attached hydrogens (tertiary/aromatic N) is 2. The van der Waals surface area contributed by atoms with Gasteiger partial charge in [-0.3, -0.25) is 10.1 Å². The van der Waals surface area contributed by atoms with Crippen LogP contribution in [0.1, 0.15) is 13.8 Å². The quantitative estimate of drug-likeness (QED) is 0.179. The second kappa shape index (κ2) is 9.05. The first-order valence-corrected chi connectivity index (χ1v) is 12.8. The van der Waals surface area contributed by atoms with Crippen molar-refractivity contribution in [2.24, 2.45) is 0 Å². The number of rotatable bonds is 5. The molecule has 3 aromatic heterocycles. The fourth-order valence-electron chi connectivity index (χ4n) is 4.62. The standard InChI is InChI=1S/C29H23FIN5/c1-16(2)33-22-12-19(11-21(31)14-22)17-6-7-26-23(13-17)29(36-35-26)27-15-24-25(34-27)8-9-32-28(24)18-4-3-5-20(30)10-18/h3-16,33-34H,1-2H3,(H,35,36). The van der Waals surface area contributed by atoms with Gasteiger partial charge < -0.3 is 10.3 Å². The molecule has 0 fully saturated rings. The predicted octanol–water partition coefficient (Wildman–Crippen LogP) is 8.00. The summed E-state index contributed by atoms with van der Waals surface area (Å²) in [4.78, 5) is 8.03. The summed E-state index contributed by atoms with van der Waals surface area (Å²) in [6, 6.07) is 23.7. The van der Waals surface area contributed by atoms with Crippen LogP contribution in [0.2, 0.25) is 0 Å². The van der Waals surface area contributed by atoms with Crippen molar-refractivity contribution in [3.8, 4) is 33.8 Å². The van der Waals surface area contributed by atoms with E-state index in [0.29, 0.717) is 6.04 Å². The highest BCUT2D eigenvalue weighted by molar-refractivity contribution is 14.1. The third-order valence-electron chi connectivity index (χ3n) is 6.15. The Morgan fingerprint density at radius 3 is 2.53 bits per heavy atom. The van der Waals surface area contributed by atoms with Gasteiger partial charge in [-0.15, -0.1) is 0 Å². The number of pyridine rings is 1. The van der Waals surface area contributed by atoms with Crippen LogP contribution in [0.25, 0.3) is 55.6 Å². The molecule has 0 amide bonds. The Morgan fingerprint density at radius 1 is 0.833 bits per heavy atom. The summed E-state index contributed by atoms with van der Waals surface area (Å²) in [6.45, 7) is 4.28. The van der Waals surface area contributed by atoms with Gasteiger partial charge in [0.2, 0.25) is 0 Å². The largest absolute Gasteiger partial charge is 0.383 e. The lowest BCUT2D eigenvalue weighted by Gasteiger charge is -2.12. The zero-order valence-corrected chi connectivity index (χ0v) is 21.9. The van der Waals surface area contributed by atoms with Crippen molar-refractivity contribution in [3.63, 3.8) is 0 Å². The number of benzene rings is 3. The lowest BCUT2D eigenvalue weighted by Crippen LogP contribution is -2.09. The minimum atomic E-state index is -0.282. The van der Waals surface area contributed by atoms with Gasteiger partial charge in [0.15, 0.2) is 0 Å². The van der Waals surface area contributed by atoms with Crippen molar-refractivity contribution in [3.05, 3.63) is 88.4 Å². The Kier molecular flexibility index (Phi) is 5.72. The van der Waals surface area contributed by atoms with Crippen LogP contribution in [0.4, 0.5) is 10.1 Å². The first-order chi connectivity index (χ1) is 17.4. The summed E-state index contributed by atoms with van der Waals surface area (Å²) in [5, 5.41) is 13.3. The maximum absolute atomic E-state index is 13.9. The van der Waals surface area contributed by atoms with Gasteiger partial charge in [0, 0.05) is 43.3 Å². The molecule has 0 unspecified atom stereocenters. The summed E-state index contributed by atoms with van der Waals surface area (Å²) < 4.78 is 15.1. The Balaban J connectivity index is 1.46. The molecule has 0 radical (unpaired) electrons. The number of fused-ring (bicyclic) bond motifs is 2. The van der Waals surface area contributed by atoms with E-state index in [4.69, 9.17) is 0 Å². The van der Waals surface area contributed by atoms with Gasteiger partial charge in [-0.1, -0.05) is 18.2 Å². The highest BCUT2D eigenvalue weighted by Gasteiger charge is 2.15. The van der Waals surface area contributed by atoms with Crippen LogP contribution >= 0.6 is 22.6 Å². The molecule has 36 heavy (non-hydrogen) atoms. The normalized spacial score (nSPS) is 11.6. The van der Waals surface area contributed by atoms with E-state index in [1.54, 1.807) is 12.3 Å². The molecule has 7 heteroatoms. The molecule has 6 aromatic rings. The molecule has 3 aromatic carbocycles. The first kappa shape index (κ1) is 22.7. The Bertz CT molecular complexity index is 1730. The van der Waals surface area contributed by atoms with Gasteiger partial charge in [0.05, 0.1) is 16.9 Å². The fraction of sp³-hybridized carbons (Fsp3) is 0.103. The zero-order valence-electron chi connectivity index (χ0n) is 19.7. The van der Waals surface area contributed by atoms with E-state index in [-0.39, 0.29) is 5.82 Å². The number of halogens is 2. The monoisotopic (exact) mass is 587 g/mol. The van der Waals surface area contributed by atoms with Gasteiger partial charge in [0.25, 0.3) is 0 Å². The molecule has 6 rings (SSSR count). The molecule has 3 N–H and O–H groups in total. The third-order valence-corrected chi connectivity index (χ3v) is 6.77. The maximum Gasteiger partial charge on any atom is 0.123 e. The van der Waals surface area contributed by atoms with Crippen molar-refractivity contribution in [1.29, 1.82) is 0 Å². The minimum Gasteiger partial charge on any atom is -0.383 e. The molecule has 0 aliphatic heterocycles. The highest BCUT2D eigenvalue weighted by atomic mass is 127. The molecule has 0 bridgehead atoms. The van der Waals surface area contributed by atoms with E-state index >= 15 is 0 Å². The molecule has 0 aliphatic rings. The van der Waals surface area contributed by atoms with Crippen LogP contribution < -0.4 is 5.32 Å². The van der Waals surface area contributed by atoms with Crippen molar-refractivity contribution in [2.75, 3.05) is 5.32 Å². The first-order valence-electron chi connectivity index (χ1n) is 11.7. The van der Waals surface area contributed by atoms with Crippen LogP contribution in [0.3, 0.4) is 0 Å². The van der Waals surface area contributed by atoms with Gasteiger partial charge in [-0.05, 0) is 102 Å². The molecule has 3 heterocycles. The number of H-pyrrole nitrogens is 2. The van der Waals surface area contributed by atoms with Gasteiger partial charge in [0.1, 0.15) is 11.5 Å². The van der Waals surface area contributed by atoms with Crippen LogP contribution in [-0.2, 0) is 0 Å². The van der Waals surface area contributed by atoms with Crippen LogP contribution in [0.15, 0.2) is 79.0 Å². The molecule has 5 nitrogen and oxygen atoms in total. The van der Waals surface area contributed by atoms with Crippen LogP contribution in [-0.4, -0.2) is 26.2 Å². The smallest absolute Gasteiger partial charge is 0.123 e. The van der Waals surface area contributed by atoms with E-state index in [0.717, 1.165) is 61.3 Å². The second-order valence-corrected chi connectivity index (χ2v) is 10.4. The van der Waals surface area contributed by atoms with E-state index in [2.05, 4.69) is 98.3 Å². The Hall–Kier alpha value is -3.72. The van der Waals surface area contributed by atoms with Crippen molar-refractivity contribution in [2.45, 2.75) is 19.9 Å². The third kappa shape index (κ3) is 4.24. The number of aromatic nitrogens is 4. The summed E-state index contributed by atoms with van der Waals surface area (Å²) in [5.41, 5.74) is 8.44. The predicted molar refractivity (Wildman–Crippen MR) is 153 cm³/mol. The summed E-state index contributed by atoms with van der Waals surface area (Å²) >= 11 is 2.36. The van der Waals surface area contributed by atoms with E-state index in [1.165, 1.54) is 15.7 Å². The Morgan fingerprint density at radius 2 is 1.69 bits per heavy atom. The van der Waals surface area contributed by atoms with Crippen molar-refractivity contribution in [1.82, 2.24) is 20.2 Å². The average molecular weight is 587 g/mol. The molecular formula is C29H23FIN5. The zero-order chi connectivity index (χ0) is 24.8. The van der Waals surface area contributed by atoms with Crippen LogP contribution in [0.5, 0.6) is 0 Å². The number of anilines is 1. The number of hydrogen-bond donors (Lipinski definition) is 3. The average Bonchev–Trinajstić information content (AvgIpc) is 3.46. The molecular weight excluding hydrogens is 564 g/mol. The summed E-state index contributed by atoms with van der Waals surface area (Å²) in [5.74, 6) is -0.282. The highest BCUT2D eigenvalue weighted by Crippen LogP contribution is 2.35. The van der Waals surface area contributed by atoms with Gasteiger partial charge >= 0.3 is 0 Å². The van der Waals surface area contributed by atoms with E-state index in [1.807, 2.05) is 18.2 Å². The maximum atomic E-state index is 13.9. The lowest BCUT2D eigenvalue weighted by atomic mass is 10.0. The number of nitrogens with one attached hydrogen (secondary N) is 3. The molecule has 178 valence electrons. The molecule has 0 saturated carbocycles. The SMILES string of the molecule is CC(C)Nc1cc(I)cc(-c2ccc3[nH]nc(-c4cc5c(-c6cccc(F)c6)nccc5[nH]4)c3c2)c1. The van der Waals surface area contributed by atoms with E-state index in [9.17, 15) is 4.39 Å². The second-order valence-electron chi connectivity index (χ2n) is 9.17.